The second-order valence-electron chi connectivity index (χ2n) is 23.4. The van der Waals surface area contributed by atoms with E-state index in [1.54, 1.807) is 0 Å². The Kier molecular flexibility index (Phi) is 64.6. The molecular formula is C72H132O6. The first-order valence-corrected chi connectivity index (χ1v) is 34.6. The first kappa shape index (κ1) is 75.4. The first-order chi connectivity index (χ1) is 38.5. The van der Waals surface area contributed by atoms with Gasteiger partial charge in [0, 0.05) is 19.3 Å². The van der Waals surface area contributed by atoms with Crippen molar-refractivity contribution >= 4 is 17.9 Å². The van der Waals surface area contributed by atoms with E-state index in [-0.39, 0.29) is 31.1 Å². The molecule has 0 aromatic carbocycles. The van der Waals surface area contributed by atoms with E-state index in [9.17, 15) is 14.4 Å². The lowest BCUT2D eigenvalue weighted by molar-refractivity contribution is -0.167. The molecule has 0 heterocycles. The lowest BCUT2D eigenvalue weighted by Gasteiger charge is -2.18. The largest absolute Gasteiger partial charge is 0.462 e. The molecule has 0 aromatic heterocycles. The Balaban J connectivity index is 4.27. The van der Waals surface area contributed by atoms with Gasteiger partial charge >= 0.3 is 17.9 Å². The highest BCUT2D eigenvalue weighted by atomic mass is 16.6. The summed E-state index contributed by atoms with van der Waals surface area (Å²) in [5.41, 5.74) is 0. The van der Waals surface area contributed by atoms with Crippen molar-refractivity contribution in [2.45, 2.75) is 380 Å². The van der Waals surface area contributed by atoms with Crippen molar-refractivity contribution in [2.75, 3.05) is 13.2 Å². The van der Waals surface area contributed by atoms with Gasteiger partial charge in [-0.05, 0) is 83.5 Å². The smallest absolute Gasteiger partial charge is 0.306 e. The number of hydrogen-bond acceptors (Lipinski definition) is 6. The summed E-state index contributed by atoms with van der Waals surface area (Å²) in [5, 5.41) is 0. The van der Waals surface area contributed by atoms with E-state index in [4.69, 9.17) is 14.2 Å². The van der Waals surface area contributed by atoms with Crippen LogP contribution in [0.15, 0.2) is 48.6 Å². The normalized spacial score (nSPS) is 12.3. The lowest BCUT2D eigenvalue weighted by atomic mass is 10.0. The number of esters is 3. The van der Waals surface area contributed by atoms with Gasteiger partial charge in [-0.3, -0.25) is 14.4 Å². The van der Waals surface area contributed by atoms with Gasteiger partial charge in [-0.15, -0.1) is 0 Å². The number of carbonyl (C=O) groups excluding carboxylic acids is 3. The number of unbranched alkanes of at least 4 members (excludes halogenated alkanes) is 45. The SMILES string of the molecule is CCCCCCC/C=C\C/C=C\C/C=C\CCCCCCCCCCCCCCC(=O)OCC(COC(=O)CCCCCCCCCCCCCCCCCC)OC(=O)CCCCCCCCC/C=C\CCCCCCCC. The van der Waals surface area contributed by atoms with Crippen LogP contribution in [0.2, 0.25) is 0 Å². The maximum absolute atomic E-state index is 12.9. The van der Waals surface area contributed by atoms with Gasteiger partial charge in [0.25, 0.3) is 0 Å². The van der Waals surface area contributed by atoms with Crippen LogP contribution in [-0.2, 0) is 28.6 Å². The quantitative estimate of drug-likeness (QED) is 0.0261. The molecule has 0 aromatic rings. The zero-order chi connectivity index (χ0) is 56.4. The second-order valence-corrected chi connectivity index (χ2v) is 23.4. The molecule has 78 heavy (non-hydrogen) atoms. The average molecular weight is 1090 g/mol. The number of ether oxygens (including phenoxy) is 3. The summed E-state index contributed by atoms with van der Waals surface area (Å²) >= 11 is 0. The standard InChI is InChI=1S/C72H132O6/c1-4-7-10-13-16-19-22-25-28-31-32-33-34-35-36-37-38-39-40-42-44-47-50-53-56-59-62-65-71(74)77-68-69(67-76-70(73)64-61-58-55-52-49-46-43-30-27-24-21-18-15-12-9-6-3)78-72(75)66-63-60-57-54-51-48-45-41-29-26-23-20-17-14-11-8-5-2/h22,25-26,29,31-32,34-35,69H,4-21,23-24,27-28,30,33,36-68H2,1-3H3/b25-22-,29-26-,32-31-,35-34-. The Morgan fingerprint density at radius 1 is 0.256 bits per heavy atom. The summed E-state index contributed by atoms with van der Waals surface area (Å²) < 4.78 is 17.0. The molecule has 0 saturated carbocycles. The minimum Gasteiger partial charge on any atom is -0.462 e. The molecule has 0 saturated heterocycles. The van der Waals surface area contributed by atoms with Crippen molar-refractivity contribution in [3.8, 4) is 0 Å². The molecule has 6 nitrogen and oxygen atoms in total. The van der Waals surface area contributed by atoms with Crippen molar-refractivity contribution in [1.82, 2.24) is 0 Å². The van der Waals surface area contributed by atoms with Crippen LogP contribution in [0.5, 0.6) is 0 Å². The summed E-state index contributed by atoms with van der Waals surface area (Å²) in [4.78, 5) is 38.4. The Hall–Kier alpha value is -2.63. The van der Waals surface area contributed by atoms with Crippen molar-refractivity contribution in [3.63, 3.8) is 0 Å². The molecule has 0 aliphatic heterocycles. The Labute approximate surface area is 486 Å². The van der Waals surface area contributed by atoms with Crippen LogP contribution >= 0.6 is 0 Å². The van der Waals surface area contributed by atoms with E-state index in [1.807, 2.05) is 0 Å². The molecule has 1 atom stereocenters. The van der Waals surface area contributed by atoms with Crippen LogP contribution < -0.4 is 0 Å². The van der Waals surface area contributed by atoms with Gasteiger partial charge in [-0.2, -0.15) is 0 Å². The molecule has 1 unspecified atom stereocenters. The van der Waals surface area contributed by atoms with Crippen LogP contribution in [0.25, 0.3) is 0 Å². The maximum atomic E-state index is 12.9. The fourth-order valence-corrected chi connectivity index (χ4v) is 10.3. The second kappa shape index (κ2) is 66.9. The summed E-state index contributed by atoms with van der Waals surface area (Å²) in [6.07, 6.45) is 84.1. The number of allylic oxidation sites excluding steroid dienone is 8. The van der Waals surface area contributed by atoms with Gasteiger partial charge < -0.3 is 14.2 Å². The fourth-order valence-electron chi connectivity index (χ4n) is 10.3. The van der Waals surface area contributed by atoms with Crippen LogP contribution in [0.4, 0.5) is 0 Å². The molecular weight excluding hydrogens is 961 g/mol. The summed E-state index contributed by atoms with van der Waals surface area (Å²) in [7, 11) is 0. The molecule has 0 spiro atoms. The summed E-state index contributed by atoms with van der Waals surface area (Å²) in [6.45, 7) is 6.68. The lowest BCUT2D eigenvalue weighted by Crippen LogP contribution is -2.30. The number of rotatable bonds is 64. The zero-order valence-electron chi connectivity index (χ0n) is 52.5. The van der Waals surface area contributed by atoms with E-state index in [0.29, 0.717) is 19.3 Å². The zero-order valence-corrected chi connectivity index (χ0v) is 52.5. The highest BCUT2D eigenvalue weighted by Gasteiger charge is 2.19. The minimum atomic E-state index is -0.775. The van der Waals surface area contributed by atoms with Gasteiger partial charge in [-0.25, -0.2) is 0 Å². The number of carbonyl (C=O) groups is 3. The monoisotopic (exact) mass is 1090 g/mol. The first-order valence-electron chi connectivity index (χ1n) is 34.6. The summed E-state index contributed by atoms with van der Waals surface area (Å²) in [6, 6.07) is 0. The van der Waals surface area contributed by atoms with Gasteiger partial charge in [0.15, 0.2) is 6.10 Å². The van der Waals surface area contributed by atoms with Gasteiger partial charge in [0.1, 0.15) is 13.2 Å². The molecule has 0 rings (SSSR count). The van der Waals surface area contributed by atoms with E-state index in [1.165, 1.54) is 263 Å². The van der Waals surface area contributed by atoms with E-state index in [2.05, 4.69) is 69.4 Å². The maximum Gasteiger partial charge on any atom is 0.306 e. The Bertz CT molecular complexity index is 1350. The summed E-state index contributed by atoms with van der Waals surface area (Å²) in [5.74, 6) is -0.851. The Morgan fingerprint density at radius 2 is 0.462 bits per heavy atom. The van der Waals surface area contributed by atoms with Crippen molar-refractivity contribution in [1.29, 1.82) is 0 Å². The minimum absolute atomic E-state index is 0.0706. The Morgan fingerprint density at radius 3 is 0.731 bits per heavy atom. The number of hydrogen-bond donors (Lipinski definition) is 0. The van der Waals surface area contributed by atoms with Crippen molar-refractivity contribution in [3.05, 3.63) is 48.6 Å². The van der Waals surface area contributed by atoms with Crippen molar-refractivity contribution in [2.24, 2.45) is 0 Å². The molecule has 6 heteroatoms. The van der Waals surface area contributed by atoms with Crippen LogP contribution in [0.1, 0.15) is 374 Å². The van der Waals surface area contributed by atoms with E-state index >= 15 is 0 Å². The molecule has 456 valence electrons. The van der Waals surface area contributed by atoms with Crippen molar-refractivity contribution < 1.29 is 28.6 Å². The molecule has 0 radical (unpaired) electrons. The molecule has 0 bridgehead atoms. The van der Waals surface area contributed by atoms with Gasteiger partial charge in [0.05, 0.1) is 0 Å². The van der Waals surface area contributed by atoms with E-state index < -0.39 is 6.10 Å². The predicted molar refractivity (Wildman–Crippen MR) is 339 cm³/mol. The third-order valence-corrected chi connectivity index (χ3v) is 15.6. The van der Waals surface area contributed by atoms with Crippen LogP contribution in [0, 0.1) is 0 Å². The average Bonchev–Trinajstić information content (AvgIpc) is 3.44. The third-order valence-electron chi connectivity index (χ3n) is 15.6. The molecule has 0 aliphatic rings. The van der Waals surface area contributed by atoms with Crippen LogP contribution in [0.3, 0.4) is 0 Å². The molecule has 0 aliphatic carbocycles. The van der Waals surface area contributed by atoms with Gasteiger partial charge in [-0.1, -0.05) is 320 Å². The molecule has 0 N–H and O–H groups in total. The van der Waals surface area contributed by atoms with E-state index in [0.717, 1.165) is 70.6 Å². The highest BCUT2D eigenvalue weighted by Crippen LogP contribution is 2.18. The molecule has 0 amide bonds. The van der Waals surface area contributed by atoms with Crippen LogP contribution in [-0.4, -0.2) is 37.2 Å². The van der Waals surface area contributed by atoms with Gasteiger partial charge in [0.2, 0.25) is 0 Å². The molecule has 0 fully saturated rings. The topological polar surface area (TPSA) is 78.9 Å². The fraction of sp³-hybridized carbons (Fsp3) is 0.847. The highest BCUT2D eigenvalue weighted by molar-refractivity contribution is 5.71. The predicted octanol–water partition coefficient (Wildman–Crippen LogP) is 23.7. The third kappa shape index (κ3) is 64.2.